The number of halogens is 1. The van der Waals surface area contributed by atoms with Crippen molar-refractivity contribution < 1.29 is 32.6 Å². The lowest BCUT2D eigenvalue weighted by Crippen LogP contribution is -2.42. The van der Waals surface area contributed by atoms with Gasteiger partial charge in [0.15, 0.2) is 12.4 Å². The minimum absolute atomic E-state index is 0.00917. The predicted molar refractivity (Wildman–Crippen MR) is 148 cm³/mol. The molecule has 1 heterocycles. The molecule has 11 heteroatoms. The van der Waals surface area contributed by atoms with Gasteiger partial charge < -0.3 is 19.5 Å². The Labute approximate surface area is 232 Å². The van der Waals surface area contributed by atoms with Crippen molar-refractivity contribution >= 4 is 39.2 Å². The maximum absolute atomic E-state index is 13.5. The summed E-state index contributed by atoms with van der Waals surface area (Å²) >= 11 is 6.12. The van der Waals surface area contributed by atoms with Crippen molar-refractivity contribution in [2.45, 2.75) is 37.7 Å². The molecule has 206 valence electrons. The van der Waals surface area contributed by atoms with E-state index < -0.39 is 38.8 Å². The van der Waals surface area contributed by atoms with Crippen LogP contribution in [0.15, 0.2) is 65.6 Å². The van der Waals surface area contributed by atoms with Crippen LogP contribution in [0.2, 0.25) is 5.02 Å². The lowest BCUT2D eigenvalue weighted by molar-refractivity contribution is -0.157. The van der Waals surface area contributed by atoms with E-state index in [1.165, 1.54) is 12.1 Å². The van der Waals surface area contributed by atoms with Gasteiger partial charge in [0.2, 0.25) is 0 Å². The molecule has 0 atom stereocenters. The molecule has 39 heavy (non-hydrogen) atoms. The van der Waals surface area contributed by atoms with Crippen LogP contribution in [0.1, 0.15) is 37.6 Å². The van der Waals surface area contributed by atoms with E-state index in [1.807, 2.05) is 30.3 Å². The Hall–Kier alpha value is -3.76. The molecule has 0 saturated carbocycles. The molecule has 1 aliphatic rings. The molecular weight excluding hydrogens is 544 g/mol. The second-order valence-electron chi connectivity index (χ2n) is 10.0. The maximum atomic E-state index is 13.5. The third-order valence-electron chi connectivity index (χ3n) is 5.80. The molecule has 3 aromatic rings. The number of likely N-dealkylation sites (tertiary alicyclic amines) is 1. The lowest BCUT2D eigenvalue weighted by atomic mass is 10.1. The maximum Gasteiger partial charge on any atom is 0.344 e. The molecule has 0 aliphatic carbocycles. The minimum atomic E-state index is -4.48. The van der Waals surface area contributed by atoms with E-state index in [9.17, 15) is 23.1 Å². The summed E-state index contributed by atoms with van der Waals surface area (Å²) in [6, 6.07) is 16.4. The number of sulfonamides is 1. The first-order chi connectivity index (χ1) is 18.3. The van der Waals surface area contributed by atoms with Crippen LogP contribution in [-0.4, -0.2) is 55.6 Å². The molecule has 9 nitrogen and oxygen atoms in total. The van der Waals surface area contributed by atoms with Gasteiger partial charge in [-0.3, -0.25) is 9.52 Å². The van der Waals surface area contributed by atoms with Crippen molar-refractivity contribution in [1.82, 2.24) is 4.90 Å². The van der Waals surface area contributed by atoms with Crippen molar-refractivity contribution in [1.29, 1.82) is 0 Å². The standard InChI is InChI=1S/C28H29ClN2O7S/c1-28(2,3)38-25(32)17-37-23-11-10-19(18-8-5-4-6-9-18)15-22(23)30-39(35,36)24-16-20(14-21(29)26(24)33)27(34)31-12-7-13-31/h4-6,8-11,14-16,30,33H,7,12-13,17H2,1-3H3. The summed E-state index contributed by atoms with van der Waals surface area (Å²) in [7, 11) is -4.48. The van der Waals surface area contributed by atoms with E-state index in [0.717, 1.165) is 18.1 Å². The van der Waals surface area contributed by atoms with Gasteiger partial charge in [0.1, 0.15) is 16.2 Å². The van der Waals surface area contributed by atoms with Gasteiger partial charge in [0.25, 0.3) is 15.9 Å². The fraction of sp³-hybridized carbons (Fsp3) is 0.286. The summed E-state index contributed by atoms with van der Waals surface area (Å²) in [5.74, 6) is -1.65. The summed E-state index contributed by atoms with van der Waals surface area (Å²) in [5.41, 5.74) is 0.802. The number of hydrogen-bond acceptors (Lipinski definition) is 7. The quantitative estimate of drug-likeness (QED) is 0.361. The van der Waals surface area contributed by atoms with Gasteiger partial charge in [-0.2, -0.15) is 0 Å². The number of rotatable bonds is 8. The second-order valence-corrected chi connectivity index (χ2v) is 12.1. The zero-order valence-electron chi connectivity index (χ0n) is 21.7. The summed E-state index contributed by atoms with van der Waals surface area (Å²) in [6.07, 6.45) is 0.855. The lowest BCUT2D eigenvalue weighted by Gasteiger charge is -2.31. The number of phenolic OH excluding ortho intramolecular Hbond substituents is 1. The van der Waals surface area contributed by atoms with Crippen LogP contribution in [0.4, 0.5) is 5.69 Å². The number of amides is 1. The predicted octanol–water partition coefficient (Wildman–Crippen LogP) is 5.08. The highest BCUT2D eigenvalue weighted by atomic mass is 35.5. The van der Waals surface area contributed by atoms with Crippen LogP contribution in [0, 0.1) is 0 Å². The Morgan fingerprint density at radius 3 is 2.33 bits per heavy atom. The monoisotopic (exact) mass is 572 g/mol. The number of carbonyl (C=O) groups is 2. The van der Waals surface area contributed by atoms with Crippen molar-refractivity contribution in [3.8, 4) is 22.6 Å². The zero-order chi connectivity index (χ0) is 28.4. The number of nitrogens with one attached hydrogen (secondary N) is 1. The largest absolute Gasteiger partial charge is 0.505 e. The summed E-state index contributed by atoms with van der Waals surface area (Å²) in [4.78, 5) is 26.0. The van der Waals surface area contributed by atoms with Gasteiger partial charge >= 0.3 is 5.97 Å². The Morgan fingerprint density at radius 2 is 1.72 bits per heavy atom. The molecule has 1 saturated heterocycles. The molecule has 1 aliphatic heterocycles. The average molecular weight is 573 g/mol. The number of nitrogens with zero attached hydrogens (tertiary/aromatic N) is 1. The normalized spacial score (nSPS) is 13.4. The van der Waals surface area contributed by atoms with Crippen LogP contribution in [0.25, 0.3) is 11.1 Å². The molecule has 2 N–H and O–H groups in total. The molecule has 0 bridgehead atoms. The number of aromatic hydroxyl groups is 1. The third kappa shape index (κ3) is 6.82. The average Bonchev–Trinajstić information content (AvgIpc) is 2.82. The van der Waals surface area contributed by atoms with Gasteiger partial charge in [-0.05, 0) is 62.6 Å². The number of hydrogen-bond donors (Lipinski definition) is 2. The topological polar surface area (TPSA) is 122 Å². The Bertz CT molecular complexity index is 1500. The van der Waals surface area contributed by atoms with E-state index in [4.69, 9.17) is 21.1 Å². The second kappa shape index (κ2) is 11.2. The van der Waals surface area contributed by atoms with Gasteiger partial charge in [0, 0.05) is 18.7 Å². The third-order valence-corrected chi connectivity index (χ3v) is 7.47. The molecule has 0 radical (unpaired) electrons. The molecule has 3 aromatic carbocycles. The van der Waals surface area contributed by atoms with Crippen molar-refractivity contribution in [3.05, 3.63) is 71.2 Å². The molecular formula is C28H29ClN2O7S. The molecule has 1 amide bonds. The number of carbonyl (C=O) groups excluding carboxylic acids is 2. The first-order valence-corrected chi connectivity index (χ1v) is 14.1. The fourth-order valence-corrected chi connectivity index (χ4v) is 5.34. The fourth-order valence-electron chi connectivity index (χ4n) is 3.86. The SMILES string of the molecule is CC(C)(C)OC(=O)COc1ccc(-c2ccccc2)cc1NS(=O)(=O)c1cc(C(=O)N2CCC2)cc(Cl)c1O. The molecule has 4 rings (SSSR count). The highest BCUT2D eigenvalue weighted by Gasteiger charge is 2.28. The van der Waals surface area contributed by atoms with E-state index in [2.05, 4.69) is 4.72 Å². The number of anilines is 1. The van der Waals surface area contributed by atoms with Crippen LogP contribution in [0.5, 0.6) is 11.5 Å². The smallest absolute Gasteiger partial charge is 0.344 e. The van der Waals surface area contributed by atoms with E-state index >= 15 is 0 Å². The van der Waals surface area contributed by atoms with Crippen molar-refractivity contribution in [2.24, 2.45) is 0 Å². The van der Waals surface area contributed by atoms with Gasteiger partial charge in [-0.25, -0.2) is 13.2 Å². The summed E-state index contributed by atoms with van der Waals surface area (Å²) in [6.45, 7) is 5.81. The van der Waals surface area contributed by atoms with Gasteiger partial charge in [-0.15, -0.1) is 0 Å². The van der Waals surface area contributed by atoms with E-state index in [0.29, 0.717) is 18.7 Å². The number of esters is 1. The summed E-state index contributed by atoms with van der Waals surface area (Å²) in [5, 5.41) is 10.3. The molecule has 0 spiro atoms. The molecule has 0 aromatic heterocycles. The minimum Gasteiger partial charge on any atom is -0.505 e. The van der Waals surface area contributed by atoms with Crippen molar-refractivity contribution in [2.75, 3.05) is 24.4 Å². The first kappa shape index (κ1) is 28.3. The number of phenols is 1. The molecule has 0 unspecified atom stereocenters. The van der Waals surface area contributed by atoms with E-state index in [-0.39, 0.29) is 27.9 Å². The van der Waals surface area contributed by atoms with E-state index in [1.54, 1.807) is 37.8 Å². The Balaban J connectivity index is 1.70. The van der Waals surface area contributed by atoms with Crippen LogP contribution in [-0.2, 0) is 19.6 Å². The highest BCUT2D eigenvalue weighted by molar-refractivity contribution is 7.92. The Kier molecular flexibility index (Phi) is 8.08. The summed E-state index contributed by atoms with van der Waals surface area (Å²) < 4.78 is 40.4. The zero-order valence-corrected chi connectivity index (χ0v) is 23.3. The van der Waals surface area contributed by atoms with Crippen LogP contribution < -0.4 is 9.46 Å². The number of benzene rings is 3. The van der Waals surface area contributed by atoms with Gasteiger partial charge in [0.05, 0.1) is 10.7 Å². The number of ether oxygens (including phenoxy) is 2. The van der Waals surface area contributed by atoms with Crippen LogP contribution >= 0.6 is 11.6 Å². The Morgan fingerprint density at radius 1 is 1.03 bits per heavy atom. The molecule has 1 fully saturated rings. The highest BCUT2D eigenvalue weighted by Crippen LogP contribution is 2.37. The van der Waals surface area contributed by atoms with Crippen molar-refractivity contribution in [3.63, 3.8) is 0 Å². The van der Waals surface area contributed by atoms with Gasteiger partial charge in [-0.1, -0.05) is 48.0 Å². The van der Waals surface area contributed by atoms with Crippen LogP contribution in [0.3, 0.4) is 0 Å². The first-order valence-electron chi connectivity index (χ1n) is 12.2.